The molecule has 0 fully saturated rings. The Hall–Kier alpha value is -3.54. The zero-order chi connectivity index (χ0) is 16.7. The molecular formula is C18H10N2O4. The summed E-state index contributed by atoms with van der Waals surface area (Å²) < 4.78 is 0. The molecule has 2 aromatic carbocycles. The summed E-state index contributed by atoms with van der Waals surface area (Å²) in [5.74, 6) is -2.06. The van der Waals surface area contributed by atoms with E-state index in [1.807, 2.05) is 0 Å². The number of carbonyl (C=O) groups is 3. The lowest BCUT2D eigenvalue weighted by Crippen LogP contribution is -2.32. The van der Waals surface area contributed by atoms with Crippen LogP contribution in [-0.4, -0.2) is 27.8 Å². The SMILES string of the molecule is O=C(ON1C(=O)c2ccccc2C1=O)c1ccc2cnccc2c1. The molecule has 0 radical (unpaired) electrons. The van der Waals surface area contributed by atoms with Crippen molar-refractivity contribution >= 4 is 28.6 Å². The predicted octanol–water partition coefficient (Wildman–Crippen LogP) is 2.60. The molecule has 0 aliphatic carbocycles. The van der Waals surface area contributed by atoms with E-state index in [-0.39, 0.29) is 16.7 Å². The first kappa shape index (κ1) is 14.1. The molecule has 0 atom stereocenters. The Labute approximate surface area is 136 Å². The number of rotatable bonds is 2. The smallest absolute Gasteiger partial charge is 0.324 e. The minimum atomic E-state index is -0.775. The number of benzene rings is 2. The molecule has 6 nitrogen and oxygen atoms in total. The topological polar surface area (TPSA) is 76.6 Å². The van der Waals surface area contributed by atoms with Gasteiger partial charge in [0.05, 0.1) is 16.7 Å². The molecule has 1 aliphatic rings. The van der Waals surface area contributed by atoms with Crippen molar-refractivity contribution in [2.45, 2.75) is 0 Å². The average Bonchev–Trinajstić information content (AvgIpc) is 2.86. The number of imide groups is 1. The summed E-state index contributed by atoms with van der Waals surface area (Å²) in [5, 5.41) is 2.18. The second-order valence-corrected chi connectivity index (χ2v) is 5.27. The van der Waals surface area contributed by atoms with E-state index >= 15 is 0 Å². The summed E-state index contributed by atoms with van der Waals surface area (Å²) in [7, 11) is 0. The first-order valence-electron chi connectivity index (χ1n) is 7.19. The highest BCUT2D eigenvalue weighted by Gasteiger charge is 2.38. The molecule has 0 unspecified atom stereocenters. The Balaban J connectivity index is 1.62. The first-order chi connectivity index (χ1) is 11.6. The third-order valence-corrected chi connectivity index (χ3v) is 3.81. The number of hydroxylamine groups is 2. The predicted molar refractivity (Wildman–Crippen MR) is 84.1 cm³/mol. The van der Waals surface area contributed by atoms with Crippen molar-refractivity contribution in [3.8, 4) is 0 Å². The lowest BCUT2D eigenvalue weighted by Gasteiger charge is -2.12. The number of hydrogen-bond donors (Lipinski definition) is 0. The summed E-state index contributed by atoms with van der Waals surface area (Å²) in [6.45, 7) is 0. The van der Waals surface area contributed by atoms with Gasteiger partial charge in [0.15, 0.2) is 0 Å². The summed E-state index contributed by atoms with van der Waals surface area (Å²) in [4.78, 5) is 45.7. The highest BCUT2D eigenvalue weighted by Crippen LogP contribution is 2.24. The van der Waals surface area contributed by atoms with Crippen molar-refractivity contribution < 1.29 is 19.2 Å². The van der Waals surface area contributed by atoms with Crippen molar-refractivity contribution in [1.29, 1.82) is 0 Å². The van der Waals surface area contributed by atoms with Gasteiger partial charge in [-0.15, -0.1) is 0 Å². The zero-order valence-corrected chi connectivity index (χ0v) is 12.3. The largest absolute Gasteiger partial charge is 0.363 e. The third kappa shape index (κ3) is 2.13. The fraction of sp³-hybridized carbons (Fsp3) is 0. The molecule has 3 aromatic rings. The highest BCUT2D eigenvalue weighted by molar-refractivity contribution is 6.21. The highest BCUT2D eigenvalue weighted by atomic mass is 16.7. The van der Waals surface area contributed by atoms with E-state index < -0.39 is 17.8 Å². The molecule has 24 heavy (non-hydrogen) atoms. The minimum absolute atomic E-state index is 0.222. The summed E-state index contributed by atoms with van der Waals surface area (Å²) in [6, 6.07) is 13.0. The van der Waals surface area contributed by atoms with Crippen LogP contribution in [0.1, 0.15) is 31.1 Å². The maximum atomic E-state index is 12.3. The quantitative estimate of drug-likeness (QED) is 0.679. The second-order valence-electron chi connectivity index (χ2n) is 5.27. The fourth-order valence-electron chi connectivity index (χ4n) is 2.60. The second kappa shape index (κ2) is 5.27. The zero-order valence-electron chi connectivity index (χ0n) is 12.3. The van der Waals surface area contributed by atoms with Crippen LogP contribution in [-0.2, 0) is 4.84 Å². The van der Waals surface area contributed by atoms with Gasteiger partial charge in [0.1, 0.15) is 0 Å². The molecule has 6 heteroatoms. The molecular weight excluding hydrogens is 308 g/mol. The van der Waals surface area contributed by atoms with Gasteiger partial charge in [-0.2, -0.15) is 0 Å². The molecule has 4 rings (SSSR count). The molecule has 0 saturated carbocycles. The van der Waals surface area contributed by atoms with Gasteiger partial charge < -0.3 is 4.84 Å². The molecule has 2 heterocycles. The van der Waals surface area contributed by atoms with Crippen LogP contribution in [0.4, 0.5) is 0 Å². The van der Waals surface area contributed by atoms with Gasteiger partial charge in [0.25, 0.3) is 11.8 Å². The van der Waals surface area contributed by atoms with Gasteiger partial charge in [-0.1, -0.05) is 23.3 Å². The van der Waals surface area contributed by atoms with Crippen molar-refractivity contribution in [1.82, 2.24) is 10.0 Å². The molecule has 0 spiro atoms. The standard InChI is InChI=1S/C18H10N2O4/c21-16-14-3-1-2-4-15(14)17(22)20(16)24-18(23)12-5-6-13-10-19-8-7-11(13)9-12/h1-10H. The Morgan fingerprint density at radius 1 is 0.917 bits per heavy atom. The van der Waals surface area contributed by atoms with E-state index in [2.05, 4.69) is 4.98 Å². The van der Waals surface area contributed by atoms with E-state index in [4.69, 9.17) is 4.84 Å². The van der Waals surface area contributed by atoms with E-state index in [0.29, 0.717) is 5.06 Å². The Kier molecular flexibility index (Phi) is 3.09. The van der Waals surface area contributed by atoms with Gasteiger partial charge >= 0.3 is 5.97 Å². The maximum absolute atomic E-state index is 12.3. The molecule has 1 aliphatic heterocycles. The van der Waals surface area contributed by atoms with Gasteiger partial charge in [-0.3, -0.25) is 14.6 Å². The maximum Gasteiger partial charge on any atom is 0.363 e. The van der Waals surface area contributed by atoms with Gasteiger partial charge in [0, 0.05) is 17.8 Å². The van der Waals surface area contributed by atoms with Crippen LogP contribution in [0.2, 0.25) is 0 Å². The minimum Gasteiger partial charge on any atom is -0.324 e. The number of pyridine rings is 1. The van der Waals surface area contributed by atoms with Gasteiger partial charge in [-0.25, -0.2) is 4.79 Å². The van der Waals surface area contributed by atoms with Crippen molar-refractivity contribution in [3.05, 3.63) is 77.6 Å². The number of amides is 2. The van der Waals surface area contributed by atoms with E-state index in [0.717, 1.165) is 10.8 Å². The van der Waals surface area contributed by atoms with E-state index in [1.54, 1.807) is 48.8 Å². The van der Waals surface area contributed by atoms with Crippen molar-refractivity contribution in [2.75, 3.05) is 0 Å². The number of aromatic nitrogens is 1. The summed E-state index contributed by atoms with van der Waals surface area (Å²) in [6.07, 6.45) is 3.29. The van der Waals surface area contributed by atoms with Crippen LogP contribution < -0.4 is 0 Å². The lowest BCUT2D eigenvalue weighted by atomic mass is 10.1. The molecule has 0 saturated heterocycles. The molecule has 2 amide bonds. The van der Waals surface area contributed by atoms with E-state index in [1.165, 1.54) is 12.1 Å². The van der Waals surface area contributed by atoms with Crippen LogP contribution in [0.25, 0.3) is 10.8 Å². The van der Waals surface area contributed by atoms with Crippen LogP contribution in [0.5, 0.6) is 0 Å². The van der Waals surface area contributed by atoms with Crippen LogP contribution in [0.3, 0.4) is 0 Å². The molecule has 0 N–H and O–H groups in total. The Bertz CT molecular complexity index is 978. The molecule has 1 aromatic heterocycles. The average molecular weight is 318 g/mol. The summed E-state index contributed by atoms with van der Waals surface area (Å²) in [5.41, 5.74) is 0.685. The Morgan fingerprint density at radius 2 is 1.62 bits per heavy atom. The normalized spacial score (nSPS) is 13.2. The Morgan fingerprint density at radius 3 is 2.33 bits per heavy atom. The van der Waals surface area contributed by atoms with Gasteiger partial charge in [-0.05, 0) is 35.7 Å². The number of fused-ring (bicyclic) bond motifs is 2. The monoisotopic (exact) mass is 318 g/mol. The first-order valence-corrected chi connectivity index (χ1v) is 7.19. The number of hydrogen-bond acceptors (Lipinski definition) is 5. The van der Waals surface area contributed by atoms with Crippen molar-refractivity contribution in [2.24, 2.45) is 0 Å². The lowest BCUT2D eigenvalue weighted by molar-refractivity contribution is -0.0584. The van der Waals surface area contributed by atoms with E-state index in [9.17, 15) is 14.4 Å². The fourth-order valence-corrected chi connectivity index (χ4v) is 2.60. The number of carbonyl (C=O) groups excluding carboxylic acids is 3. The molecule has 0 bridgehead atoms. The third-order valence-electron chi connectivity index (χ3n) is 3.81. The van der Waals surface area contributed by atoms with Crippen molar-refractivity contribution in [3.63, 3.8) is 0 Å². The van der Waals surface area contributed by atoms with Gasteiger partial charge in [0.2, 0.25) is 0 Å². The molecule has 116 valence electrons. The van der Waals surface area contributed by atoms with Crippen LogP contribution in [0, 0.1) is 0 Å². The van der Waals surface area contributed by atoms with Crippen LogP contribution >= 0.6 is 0 Å². The van der Waals surface area contributed by atoms with Crippen LogP contribution in [0.15, 0.2) is 60.9 Å². The number of nitrogens with zero attached hydrogens (tertiary/aromatic N) is 2. The summed E-state index contributed by atoms with van der Waals surface area (Å²) >= 11 is 0.